The highest BCUT2D eigenvalue weighted by atomic mass is 14.3. The van der Waals surface area contributed by atoms with Crippen LogP contribution in [0.1, 0.15) is 40.0 Å². The van der Waals surface area contributed by atoms with Gasteiger partial charge in [0.1, 0.15) is 0 Å². The summed E-state index contributed by atoms with van der Waals surface area (Å²) in [6.45, 7) is 7.12. The first-order valence-electron chi connectivity index (χ1n) is 4.25. The van der Waals surface area contributed by atoms with Gasteiger partial charge in [0.05, 0.1) is 0 Å². The number of rotatable bonds is 1. The third kappa shape index (κ3) is 1.28. The predicted octanol–water partition coefficient (Wildman–Crippen LogP) is 3.08. The molecule has 0 aliphatic heterocycles. The maximum atomic E-state index is 2.40. The molecule has 0 aromatic carbocycles. The average Bonchev–Trinajstić information content (AvgIpc) is 2.12. The summed E-state index contributed by atoms with van der Waals surface area (Å²) in [6, 6.07) is 0. The average molecular weight is 126 g/mol. The molecule has 0 heterocycles. The highest BCUT2D eigenvalue weighted by Gasteiger charge is 2.27. The molecule has 0 aromatic heterocycles. The van der Waals surface area contributed by atoms with E-state index in [2.05, 4.69) is 20.8 Å². The smallest absolute Gasteiger partial charge is 0.0365 e. The van der Waals surface area contributed by atoms with Crippen LogP contribution in [0.3, 0.4) is 0 Å². The van der Waals surface area contributed by atoms with Gasteiger partial charge >= 0.3 is 0 Å². The molecule has 9 heavy (non-hydrogen) atoms. The van der Waals surface area contributed by atoms with Gasteiger partial charge < -0.3 is 0 Å². The van der Waals surface area contributed by atoms with Crippen molar-refractivity contribution in [2.75, 3.05) is 0 Å². The van der Waals surface area contributed by atoms with Gasteiger partial charge in [-0.2, -0.15) is 0 Å². The summed E-state index contributed by atoms with van der Waals surface area (Å²) in [5.41, 5.74) is 0. The second kappa shape index (κ2) is 2.72. The first-order chi connectivity index (χ1) is 4.25. The zero-order valence-corrected chi connectivity index (χ0v) is 6.85. The molecular formula is C9H18. The molecule has 0 amide bonds. The fourth-order valence-corrected chi connectivity index (χ4v) is 2.32. The van der Waals surface area contributed by atoms with E-state index in [0.717, 1.165) is 17.8 Å². The van der Waals surface area contributed by atoms with E-state index >= 15 is 0 Å². The lowest BCUT2D eigenvalue weighted by atomic mass is 9.89. The van der Waals surface area contributed by atoms with Crippen molar-refractivity contribution in [1.82, 2.24) is 0 Å². The van der Waals surface area contributed by atoms with Gasteiger partial charge in [0.25, 0.3) is 0 Å². The van der Waals surface area contributed by atoms with Crippen LogP contribution in [0.15, 0.2) is 0 Å². The molecule has 1 aliphatic carbocycles. The van der Waals surface area contributed by atoms with Gasteiger partial charge in [-0.1, -0.05) is 40.0 Å². The van der Waals surface area contributed by atoms with Crippen LogP contribution in [0.25, 0.3) is 0 Å². The minimum Gasteiger partial charge on any atom is -0.0651 e. The number of hydrogen-bond acceptors (Lipinski definition) is 0. The first kappa shape index (κ1) is 7.11. The van der Waals surface area contributed by atoms with Gasteiger partial charge in [0, 0.05) is 0 Å². The molecule has 0 heteroatoms. The summed E-state index contributed by atoms with van der Waals surface area (Å²) in [4.78, 5) is 0. The molecule has 1 aliphatic rings. The van der Waals surface area contributed by atoms with Crippen molar-refractivity contribution in [3.05, 3.63) is 0 Å². The van der Waals surface area contributed by atoms with Crippen molar-refractivity contribution in [3.63, 3.8) is 0 Å². The van der Waals surface area contributed by atoms with E-state index < -0.39 is 0 Å². The van der Waals surface area contributed by atoms with E-state index in [1.54, 1.807) is 0 Å². The Morgan fingerprint density at radius 2 is 1.56 bits per heavy atom. The molecular weight excluding hydrogens is 108 g/mol. The zero-order valence-electron chi connectivity index (χ0n) is 6.85. The Labute approximate surface area is 58.7 Å². The summed E-state index contributed by atoms with van der Waals surface area (Å²) >= 11 is 0. The van der Waals surface area contributed by atoms with Crippen molar-refractivity contribution in [1.29, 1.82) is 0 Å². The molecule has 2 unspecified atom stereocenters. The fourth-order valence-electron chi connectivity index (χ4n) is 2.32. The Morgan fingerprint density at radius 1 is 1.11 bits per heavy atom. The Balaban J connectivity index is 2.44. The molecule has 0 bridgehead atoms. The second-order valence-electron chi connectivity index (χ2n) is 3.60. The molecule has 1 rings (SSSR count). The first-order valence-corrected chi connectivity index (χ1v) is 4.25. The Hall–Kier alpha value is 0. The third-order valence-electron chi connectivity index (χ3n) is 3.01. The summed E-state index contributed by atoms with van der Waals surface area (Å²) < 4.78 is 0. The van der Waals surface area contributed by atoms with Crippen LogP contribution in [-0.2, 0) is 0 Å². The molecule has 54 valence electrons. The van der Waals surface area contributed by atoms with Crippen LogP contribution in [0.5, 0.6) is 0 Å². The minimum atomic E-state index is 1.00. The quantitative estimate of drug-likeness (QED) is 0.506. The van der Waals surface area contributed by atoms with Crippen molar-refractivity contribution in [3.8, 4) is 0 Å². The monoisotopic (exact) mass is 126 g/mol. The molecule has 0 saturated heterocycles. The minimum absolute atomic E-state index is 1.00. The normalized spacial score (nSPS) is 43.7. The summed E-state index contributed by atoms with van der Waals surface area (Å²) in [7, 11) is 0. The lowest BCUT2D eigenvalue weighted by Gasteiger charge is -2.16. The Morgan fingerprint density at radius 3 is 1.78 bits per heavy atom. The zero-order chi connectivity index (χ0) is 6.85. The molecule has 0 radical (unpaired) electrons. The Bertz CT molecular complexity index is 76.0. The van der Waals surface area contributed by atoms with Crippen LogP contribution in [0, 0.1) is 17.8 Å². The van der Waals surface area contributed by atoms with Crippen LogP contribution in [0.4, 0.5) is 0 Å². The van der Waals surface area contributed by atoms with Gasteiger partial charge in [-0.05, 0) is 17.8 Å². The fraction of sp³-hybridized carbons (Fsp3) is 1.00. The largest absolute Gasteiger partial charge is 0.0651 e. The SMILES string of the molecule is CCC1C(C)CCC1C. The van der Waals surface area contributed by atoms with Crippen LogP contribution in [-0.4, -0.2) is 0 Å². The van der Waals surface area contributed by atoms with Crippen molar-refractivity contribution < 1.29 is 0 Å². The summed E-state index contributed by atoms with van der Waals surface area (Å²) in [5, 5.41) is 0. The molecule has 0 N–H and O–H groups in total. The van der Waals surface area contributed by atoms with Gasteiger partial charge in [-0.15, -0.1) is 0 Å². The van der Waals surface area contributed by atoms with E-state index in [1.807, 2.05) is 0 Å². The highest BCUT2D eigenvalue weighted by Crippen LogP contribution is 2.38. The van der Waals surface area contributed by atoms with E-state index in [9.17, 15) is 0 Å². The molecule has 0 nitrogen and oxygen atoms in total. The second-order valence-corrected chi connectivity index (χ2v) is 3.60. The molecule has 1 fully saturated rings. The van der Waals surface area contributed by atoms with Gasteiger partial charge in [-0.25, -0.2) is 0 Å². The molecule has 1 saturated carbocycles. The van der Waals surface area contributed by atoms with Gasteiger partial charge in [-0.3, -0.25) is 0 Å². The van der Waals surface area contributed by atoms with E-state index in [1.165, 1.54) is 19.3 Å². The third-order valence-corrected chi connectivity index (χ3v) is 3.01. The standard InChI is InChI=1S/C9H18/c1-4-9-7(2)5-6-8(9)3/h7-9H,4-6H2,1-3H3. The van der Waals surface area contributed by atoms with Crippen LogP contribution >= 0.6 is 0 Å². The van der Waals surface area contributed by atoms with Gasteiger partial charge in [0.15, 0.2) is 0 Å². The van der Waals surface area contributed by atoms with Crippen molar-refractivity contribution in [2.24, 2.45) is 17.8 Å². The van der Waals surface area contributed by atoms with E-state index in [4.69, 9.17) is 0 Å². The van der Waals surface area contributed by atoms with Gasteiger partial charge in [0.2, 0.25) is 0 Å². The van der Waals surface area contributed by atoms with Crippen molar-refractivity contribution in [2.45, 2.75) is 40.0 Å². The summed E-state index contributed by atoms with van der Waals surface area (Å²) in [6.07, 6.45) is 4.34. The maximum absolute atomic E-state index is 2.40. The van der Waals surface area contributed by atoms with Crippen LogP contribution < -0.4 is 0 Å². The lowest BCUT2D eigenvalue weighted by Crippen LogP contribution is -2.08. The highest BCUT2D eigenvalue weighted by molar-refractivity contribution is 4.78. The molecule has 2 atom stereocenters. The molecule has 0 spiro atoms. The topological polar surface area (TPSA) is 0 Å². The molecule has 0 aromatic rings. The number of hydrogen-bond donors (Lipinski definition) is 0. The van der Waals surface area contributed by atoms with E-state index in [-0.39, 0.29) is 0 Å². The Kier molecular flexibility index (Phi) is 2.15. The predicted molar refractivity (Wildman–Crippen MR) is 41.3 cm³/mol. The summed E-state index contributed by atoms with van der Waals surface area (Å²) in [5.74, 6) is 3.04. The van der Waals surface area contributed by atoms with Crippen LogP contribution in [0.2, 0.25) is 0 Å². The van der Waals surface area contributed by atoms with E-state index in [0.29, 0.717) is 0 Å². The van der Waals surface area contributed by atoms with Crippen molar-refractivity contribution >= 4 is 0 Å². The lowest BCUT2D eigenvalue weighted by molar-refractivity contribution is 0.336. The maximum Gasteiger partial charge on any atom is -0.0365 e.